The molecule has 0 saturated heterocycles. The number of nitrogens with two attached hydrogens (primary N) is 1. The van der Waals surface area contributed by atoms with Crippen molar-refractivity contribution in [3.05, 3.63) is 24.3 Å². The van der Waals surface area contributed by atoms with Gasteiger partial charge in [0.1, 0.15) is 5.75 Å². The SMILES string of the molecule is CCOc1ccccc1NC(=O)C(=O)N(CCN)C(C)=O. The first-order valence-corrected chi connectivity index (χ1v) is 6.56. The molecular formula is C14H19N3O4. The third kappa shape index (κ3) is 4.57. The summed E-state index contributed by atoms with van der Waals surface area (Å²) in [7, 11) is 0. The maximum absolute atomic E-state index is 11.9. The van der Waals surface area contributed by atoms with Crippen molar-refractivity contribution in [1.82, 2.24) is 4.90 Å². The van der Waals surface area contributed by atoms with Crippen molar-refractivity contribution in [3.8, 4) is 5.75 Å². The second-order valence-corrected chi connectivity index (χ2v) is 4.15. The largest absolute Gasteiger partial charge is 0.492 e. The molecule has 0 atom stereocenters. The Morgan fingerprint density at radius 2 is 1.95 bits per heavy atom. The highest BCUT2D eigenvalue weighted by molar-refractivity contribution is 6.41. The van der Waals surface area contributed by atoms with E-state index in [9.17, 15) is 14.4 Å². The van der Waals surface area contributed by atoms with Crippen LogP contribution in [0.5, 0.6) is 5.75 Å². The second kappa shape index (κ2) is 8.01. The molecule has 0 aliphatic heterocycles. The highest BCUT2D eigenvalue weighted by atomic mass is 16.5. The van der Waals surface area contributed by atoms with Crippen molar-refractivity contribution in [2.75, 3.05) is 25.0 Å². The molecule has 1 aromatic rings. The zero-order chi connectivity index (χ0) is 15.8. The van der Waals surface area contributed by atoms with Gasteiger partial charge in [0.25, 0.3) is 0 Å². The van der Waals surface area contributed by atoms with Gasteiger partial charge in [0, 0.05) is 20.0 Å². The molecule has 21 heavy (non-hydrogen) atoms. The number of rotatable bonds is 5. The molecule has 3 amide bonds. The Balaban J connectivity index is 2.85. The number of hydrogen-bond donors (Lipinski definition) is 2. The number of anilines is 1. The average molecular weight is 293 g/mol. The van der Waals surface area contributed by atoms with Crippen LogP contribution in [0, 0.1) is 0 Å². The van der Waals surface area contributed by atoms with Gasteiger partial charge >= 0.3 is 11.8 Å². The fourth-order valence-electron chi connectivity index (χ4n) is 1.68. The number of amides is 3. The van der Waals surface area contributed by atoms with Crippen LogP contribution in [0.4, 0.5) is 5.69 Å². The summed E-state index contributed by atoms with van der Waals surface area (Å²) in [5.41, 5.74) is 5.69. The normalized spacial score (nSPS) is 9.86. The molecule has 0 aliphatic rings. The zero-order valence-electron chi connectivity index (χ0n) is 12.1. The first-order valence-electron chi connectivity index (χ1n) is 6.56. The summed E-state index contributed by atoms with van der Waals surface area (Å²) in [5, 5.41) is 2.44. The second-order valence-electron chi connectivity index (χ2n) is 4.15. The van der Waals surface area contributed by atoms with Gasteiger partial charge in [-0.05, 0) is 19.1 Å². The summed E-state index contributed by atoms with van der Waals surface area (Å²) in [5.74, 6) is -1.93. The molecule has 0 heterocycles. The third-order valence-electron chi connectivity index (χ3n) is 2.61. The monoisotopic (exact) mass is 293 g/mol. The van der Waals surface area contributed by atoms with Crippen LogP contribution in [0.2, 0.25) is 0 Å². The quantitative estimate of drug-likeness (QED) is 0.763. The van der Waals surface area contributed by atoms with Crippen LogP contribution in [-0.2, 0) is 14.4 Å². The Morgan fingerprint density at radius 3 is 2.52 bits per heavy atom. The minimum Gasteiger partial charge on any atom is -0.492 e. The van der Waals surface area contributed by atoms with Gasteiger partial charge in [-0.2, -0.15) is 0 Å². The number of hydrogen-bond acceptors (Lipinski definition) is 5. The van der Waals surface area contributed by atoms with Gasteiger partial charge in [-0.25, -0.2) is 0 Å². The van der Waals surface area contributed by atoms with Crippen LogP contribution >= 0.6 is 0 Å². The molecule has 0 bridgehead atoms. The summed E-state index contributed by atoms with van der Waals surface area (Å²) < 4.78 is 5.35. The Bertz CT molecular complexity index is 531. The van der Waals surface area contributed by atoms with Gasteiger partial charge in [0.15, 0.2) is 0 Å². The number of nitrogens with one attached hydrogen (secondary N) is 1. The lowest BCUT2D eigenvalue weighted by Crippen LogP contribution is -2.44. The van der Waals surface area contributed by atoms with Crippen LogP contribution < -0.4 is 15.8 Å². The van der Waals surface area contributed by atoms with E-state index in [1.165, 1.54) is 6.92 Å². The van der Waals surface area contributed by atoms with E-state index in [0.29, 0.717) is 18.0 Å². The summed E-state index contributed by atoms with van der Waals surface area (Å²) >= 11 is 0. The van der Waals surface area contributed by atoms with Crippen molar-refractivity contribution in [2.24, 2.45) is 5.73 Å². The molecule has 1 rings (SSSR count). The van der Waals surface area contributed by atoms with E-state index in [1.807, 2.05) is 6.92 Å². The highest BCUT2D eigenvalue weighted by Gasteiger charge is 2.25. The van der Waals surface area contributed by atoms with Gasteiger partial charge in [-0.3, -0.25) is 19.3 Å². The molecule has 0 spiro atoms. The molecule has 0 aromatic heterocycles. The molecule has 7 heteroatoms. The van der Waals surface area contributed by atoms with Crippen molar-refractivity contribution in [1.29, 1.82) is 0 Å². The van der Waals surface area contributed by atoms with Crippen LogP contribution in [0.25, 0.3) is 0 Å². The molecule has 0 fully saturated rings. The van der Waals surface area contributed by atoms with Crippen LogP contribution in [0.3, 0.4) is 0 Å². The van der Waals surface area contributed by atoms with E-state index in [0.717, 1.165) is 4.90 Å². The number of ether oxygens (including phenoxy) is 1. The third-order valence-corrected chi connectivity index (χ3v) is 2.61. The number of imide groups is 1. The fourth-order valence-corrected chi connectivity index (χ4v) is 1.68. The van der Waals surface area contributed by atoms with E-state index in [4.69, 9.17) is 10.5 Å². The molecule has 1 aromatic carbocycles. The summed E-state index contributed by atoms with van der Waals surface area (Å²) in [6.45, 7) is 3.52. The van der Waals surface area contributed by atoms with Crippen molar-refractivity contribution < 1.29 is 19.1 Å². The Morgan fingerprint density at radius 1 is 1.29 bits per heavy atom. The van der Waals surface area contributed by atoms with Gasteiger partial charge in [-0.15, -0.1) is 0 Å². The predicted octanol–water partition coefficient (Wildman–Crippen LogP) is 0.358. The van der Waals surface area contributed by atoms with E-state index in [2.05, 4.69) is 5.32 Å². The number of carbonyl (C=O) groups excluding carboxylic acids is 3. The highest BCUT2D eigenvalue weighted by Crippen LogP contribution is 2.23. The molecule has 0 aliphatic carbocycles. The predicted molar refractivity (Wildman–Crippen MR) is 77.7 cm³/mol. The standard InChI is InChI=1S/C14H19N3O4/c1-3-21-12-7-5-4-6-11(12)16-13(19)14(20)17(9-8-15)10(2)18/h4-7H,3,8-9,15H2,1-2H3,(H,16,19). The Kier molecular flexibility index (Phi) is 6.35. The maximum Gasteiger partial charge on any atom is 0.318 e. The Hall–Kier alpha value is -2.41. The van der Waals surface area contributed by atoms with Gasteiger partial charge < -0.3 is 15.8 Å². The number of carbonyl (C=O) groups is 3. The number of para-hydroxylation sites is 2. The number of nitrogens with zero attached hydrogens (tertiary/aromatic N) is 1. The smallest absolute Gasteiger partial charge is 0.318 e. The van der Waals surface area contributed by atoms with Crippen molar-refractivity contribution >= 4 is 23.4 Å². The van der Waals surface area contributed by atoms with Crippen LogP contribution in [0.15, 0.2) is 24.3 Å². The van der Waals surface area contributed by atoms with Crippen LogP contribution in [0.1, 0.15) is 13.8 Å². The summed E-state index contributed by atoms with van der Waals surface area (Å²) in [6.07, 6.45) is 0. The molecule has 0 unspecified atom stereocenters. The van der Waals surface area contributed by atoms with E-state index in [-0.39, 0.29) is 13.1 Å². The van der Waals surface area contributed by atoms with Gasteiger partial charge in [-0.1, -0.05) is 12.1 Å². The van der Waals surface area contributed by atoms with Gasteiger partial charge in [0.05, 0.1) is 12.3 Å². The lowest BCUT2D eigenvalue weighted by molar-refractivity contribution is -0.149. The molecule has 0 saturated carbocycles. The number of benzene rings is 1. The van der Waals surface area contributed by atoms with Crippen molar-refractivity contribution in [3.63, 3.8) is 0 Å². The molecular weight excluding hydrogens is 274 g/mol. The van der Waals surface area contributed by atoms with E-state index in [1.54, 1.807) is 24.3 Å². The molecule has 3 N–H and O–H groups in total. The first kappa shape index (κ1) is 16.6. The Labute approximate surface area is 123 Å². The maximum atomic E-state index is 11.9. The molecule has 114 valence electrons. The van der Waals surface area contributed by atoms with E-state index >= 15 is 0 Å². The topological polar surface area (TPSA) is 102 Å². The minimum atomic E-state index is -0.945. The average Bonchev–Trinajstić information content (AvgIpc) is 2.46. The fraction of sp³-hybridized carbons (Fsp3) is 0.357. The lowest BCUT2D eigenvalue weighted by atomic mass is 10.3. The van der Waals surface area contributed by atoms with Crippen molar-refractivity contribution in [2.45, 2.75) is 13.8 Å². The van der Waals surface area contributed by atoms with E-state index < -0.39 is 17.7 Å². The summed E-state index contributed by atoms with van der Waals surface area (Å²) in [6, 6.07) is 6.73. The zero-order valence-corrected chi connectivity index (χ0v) is 12.1. The molecule has 7 nitrogen and oxygen atoms in total. The first-order chi connectivity index (χ1) is 10.0. The molecule has 0 radical (unpaired) electrons. The van der Waals surface area contributed by atoms with Gasteiger partial charge in [0.2, 0.25) is 5.91 Å². The van der Waals surface area contributed by atoms with Crippen LogP contribution in [-0.4, -0.2) is 42.3 Å². The minimum absolute atomic E-state index is 0.00526. The lowest BCUT2D eigenvalue weighted by Gasteiger charge is -2.18. The summed E-state index contributed by atoms with van der Waals surface area (Å²) in [4.78, 5) is 36.0.